The molecule has 3 rings (SSSR count). The first-order valence-corrected chi connectivity index (χ1v) is 8.36. The summed E-state index contributed by atoms with van der Waals surface area (Å²) >= 11 is 0. The lowest BCUT2D eigenvalue weighted by molar-refractivity contribution is -0.119. The van der Waals surface area contributed by atoms with Crippen LogP contribution in [-0.4, -0.2) is 32.0 Å². The van der Waals surface area contributed by atoms with E-state index in [2.05, 4.69) is 53.5 Å². The van der Waals surface area contributed by atoms with Crippen molar-refractivity contribution in [2.75, 3.05) is 26.0 Å². The lowest BCUT2D eigenvalue weighted by atomic mass is 10.0. The molecule has 0 atom stereocenters. The van der Waals surface area contributed by atoms with E-state index in [0.29, 0.717) is 6.42 Å². The van der Waals surface area contributed by atoms with Crippen LogP contribution < -0.4 is 10.2 Å². The average Bonchev–Trinajstić information content (AvgIpc) is 2.61. The van der Waals surface area contributed by atoms with Gasteiger partial charge in [0.05, 0.1) is 17.6 Å². The fourth-order valence-electron chi connectivity index (χ4n) is 2.91. The van der Waals surface area contributed by atoms with Crippen molar-refractivity contribution in [2.45, 2.75) is 13.3 Å². The molecule has 3 aromatic rings. The molecule has 0 aliphatic heterocycles. The van der Waals surface area contributed by atoms with Gasteiger partial charge in [-0.1, -0.05) is 24.3 Å². The number of benzene rings is 2. The highest BCUT2D eigenvalue weighted by atomic mass is 16.1. The van der Waals surface area contributed by atoms with Crippen molar-refractivity contribution in [3.63, 3.8) is 0 Å². The maximum atomic E-state index is 11.6. The zero-order chi connectivity index (χ0) is 18.0. The molecule has 0 radical (unpaired) electrons. The van der Waals surface area contributed by atoms with Crippen LogP contribution in [0.25, 0.3) is 22.2 Å². The predicted molar refractivity (Wildman–Crippen MR) is 104 cm³/mol. The molecule has 25 heavy (non-hydrogen) atoms. The van der Waals surface area contributed by atoms with Gasteiger partial charge < -0.3 is 10.2 Å². The molecule has 4 nitrogen and oxygen atoms in total. The Morgan fingerprint density at radius 2 is 1.80 bits per heavy atom. The van der Waals surface area contributed by atoms with Crippen LogP contribution >= 0.6 is 0 Å². The van der Waals surface area contributed by atoms with E-state index >= 15 is 0 Å². The Morgan fingerprint density at radius 3 is 2.44 bits per heavy atom. The van der Waals surface area contributed by atoms with Gasteiger partial charge in [-0.2, -0.15) is 0 Å². The molecule has 4 heteroatoms. The number of fused-ring (bicyclic) bond motifs is 1. The molecule has 0 aliphatic carbocycles. The number of hydrogen-bond donors (Lipinski definition) is 1. The number of carbonyl (C=O) groups excluding carboxylic acids is 1. The van der Waals surface area contributed by atoms with E-state index in [1.165, 1.54) is 5.56 Å². The van der Waals surface area contributed by atoms with E-state index < -0.39 is 0 Å². The van der Waals surface area contributed by atoms with Crippen LogP contribution in [-0.2, 0) is 11.2 Å². The number of anilines is 1. The molecule has 1 N–H and O–H groups in total. The Bertz CT molecular complexity index is 914. The lowest BCUT2D eigenvalue weighted by Gasteiger charge is -2.13. The molecule has 0 saturated carbocycles. The maximum absolute atomic E-state index is 11.6. The van der Waals surface area contributed by atoms with Crippen LogP contribution in [0.2, 0.25) is 0 Å². The van der Waals surface area contributed by atoms with Gasteiger partial charge in [0.15, 0.2) is 0 Å². The largest absolute Gasteiger partial charge is 0.378 e. The monoisotopic (exact) mass is 333 g/mol. The molecule has 0 saturated heterocycles. The second kappa shape index (κ2) is 6.93. The Balaban J connectivity index is 2.02. The van der Waals surface area contributed by atoms with E-state index in [0.717, 1.165) is 33.4 Å². The first-order valence-electron chi connectivity index (χ1n) is 8.36. The summed E-state index contributed by atoms with van der Waals surface area (Å²) in [5.74, 6) is 0.00602. The van der Waals surface area contributed by atoms with Crippen molar-refractivity contribution in [3.8, 4) is 11.3 Å². The van der Waals surface area contributed by atoms with E-state index in [9.17, 15) is 4.79 Å². The average molecular weight is 333 g/mol. The molecule has 0 unspecified atom stereocenters. The fourth-order valence-corrected chi connectivity index (χ4v) is 2.91. The van der Waals surface area contributed by atoms with Crippen molar-refractivity contribution < 1.29 is 4.79 Å². The van der Waals surface area contributed by atoms with Crippen LogP contribution in [0, 0.1) is 6.92 Å². The summed E-state index contributed by atoms with van der Waals surface area (Å²) in [4.78, 5) is 18.5. The van der Waals surface area contributed by atoms with Gasteiger partial charge in [-0.15, -0.1) is 0 Å². The Kier molecular flexibility index (Phi) is 4.70. The standard InChI is InChI=1S/C21H23N3O/c1-14-11-19(16-6-8-17(9-7-16)24(3)4)23-20-12-15(5-10-18(14)20)13-21(25)22-2/h5-12H,13H2,1-4H3,(H,22,25). The summed E-state index contributed by atoms with van der Waals surface area (Å²) in [7, 11) is 5.71. The number of pyridine rings is 1. The second-order valence-electron chi connectivity index (χ2n) is 6.47. The molecule has 128 valence electrons. The minimum atomic E-state index is 0.00602. The van der Waals surface area contributed by atoms with E-state index in [4.69, 9.17) is 4.98 Å². The van der Waals surface area contributed by atoms with Crippen LogP contribution in [0.3, 0.4) is 0 Å². The number of carbonyl (C=O) groups is 1. The number of aromatic nitrogens is 1. The van der Waals surface area contributed by atoms with Crippen LogP contribution in [0.5, 0.6) is 0 Å². The van der Waals surface area contributed by atoms with Gasteiger partial charge in [0.2, 0.25) is 5.91 Å². The van der Waals surface area contributed by atoms with Crippen molar-refractivity contribution in [2.24, 2.45) is 0 Å². The number of rotatable bonds is 4. The van der Waals surface area contributed by atoms with Gasteiger partial charge in [-0.25, -0.2) is 4.98 Å². The number of hydrogen-bond acceptors (Lipinski definition) is 3. The normalized spacial score (nSPS) is 10.7. The summed E-state index contributed by atoms with van der Waals surface area (Å²) in [5.41, 5.74) is 6.28. The Morgan fingerprint density at radius 1 is 1.08 bits per heavy atom. The first-order chi connectivity index (χ1) is 12.0. The third-order valence-corrected chi connectivity index (χ3v) is 4.40. The summed E-state index contributed by atoms with van der Waals surface area (Å²) in [5, 5.41) is 3.78. The fraction of sp³-hybridized carbons (Fsp3) is 0.238. The van der Waals surface area contributed by atoms with Gasteiger partial charge >= 0.3 is 0 Å². The van der Waals surface area contributed by atoms with Gasteiger partial charge in [0.1, 0.15) is 0 Å². The quantitative estimate of drug-likeness (QED) is 0.794. The lowest BCUT2D eigenvalue weighted by Crippen LogP contribution is -2.19. The number of aryl methyl sites for hydroxylation is 1. The third kappa shape index (κ3) is 3.63. The van der Waals surface area contributed by atoms with Crippen LogP contribution in [0.4, 0.5) is 5.69 Å². The van der Waals surface area contributed by atoms with Gasteiger partial charge in [-0.3, -0.25) is 4.79 Å². The number of likely N-dealkylation sites (N-methyl/N-ethyl adjacent to an activating group) is 1. The number of nitrogens with zero attached hydrogens (tertiary/aromatic N) is 2. The summed E-state index contributed by atoms with van der Waals surface area (Å²) in [6.07, 6.45) is 0.370. The third-order valence-electron chi connectivity index (χ3n) is 4.40. The van der Waals surface area contributed by atoms with Crippen molar-refractivity contribution >= 4 is 22.5 Å². The molecular formula is C21H23N3O. The van der Waals surface area contributed by atoms with Gasteiger partial charge in [0, 0.05) is 37.8 Å². The van der Waals surface area contributed by atoms with Crippen molar-refractivity contribution in [1.82, 2.24) is 10.3 Å². The van der Waals surface area contributed by atoms with Crippen LogP contribution in [0.1, 0.15) is 11.1 Å². The van der Waals surface area contributed by atoms with Gasteiger partial charge in [-0.05, 0) is 42.3 Å². The van der Waals surface area contributed by atoms with E-state index in [1.54, 1.807) is 7.05 Å². The molecule has 1 amide bonds. The smallest absolute Gasteiger partial charge is 0.224 e. The molecule has 1 aromatic heterocycles. The molecular weight excluding hydrogens is 310 g/mol. The van der Waals surface area contributed by atoms with Crippen LogP contribution in [0.15, 0.2) is 48.5 Å². The second-order valence-corrected chi connectivity index (χ2v) is 6.47. The highest BCUT2D eigenvalue weighted by molar-refractivity contribution is 5.87. The Labute approximate surface area is 148 Å². The minimum absolute atomic E-state index is 0.00602. The first kappa shape index (κ1) is 17.0. The van der Waals surface area contributed by atoms with Crippen molar-refractivity contribution in [1.29, 1.82) is 0 Å². The predicted octanol–water partition coefficient (Wildman–Crippen LogP) is 3.56. The highest BCUT2D eigenvalue weighted by Crippen LogP contribution is 2.26. The number of amides is 1. The molecule has 1 heterocycles. The SMILES string of the molecule is CNC(=O)Cc1ccc2c(C)cc(-c3ccc(N(C)C)cc3)nc2c1. The molecule has 0 fully saturated rings. The summed E-state index contributed by atoms with van der Waals surface area (Å²) in [6.45, 7) is 2.10. The topological polar surface area (TPSA) is 45.2 Å². The summed E-state index contributed by atoms with van der Waals surface area (Å²) < 4.78 is 0. The highest BCUT2D eigenvalue weighted by Gasteiger charge is 2.08. The molecule has 0 spiro atoms. The maximum Gasteiger partial charge on any atom is 0.224 e. The molecule has 0 bridgehead atoms. The Hall–Kier alpha value is -2.88. The number of nitrogens with one attached hydrogen (secondary N) is 1. The zero-order valence-electron chi connectivity index (χ0n) is 15.1. The molecule has 0 aliphatic rings. The van der Waals surface area contributed by atoms with Crippen molar-refractivity contribution in [3.05, 3.63) is 59.7 Å². The zero-order valence-corrected chi connectivity index (χ0v) is 15.1. The van der Waals surface area contributed by atoms with Gasteiger partial charge in [0.25, 0.3) is 0 Å². The molecule has 2 aromatic carbocycles. The van der Waals surface area contributed by atoms with E-state index in [-0.39, 0.29) is 5.91 Å². The van der Waals surface area contributed by atoms with E-state index in [1.807, 2.05) is 26.2 Å². The summed E-state index contributed by atoms with van der Waals surface area (Å²) in [6, 6.07) is 16.6. The minimum Gasteiger partial charge on any atom is -0.378 e.